The fourth-order valence-electron chi connectivity index (χ4n) is 3.51. The Hall–Kier alpha value is -0.900. The van der Waals surface area contributed by atoms with Crippen LogP contribution < -0.4 is 0 Å². The zero-order valence-corrected chi connectivity index (χ0v) is 11.5. The molecule has 0 spiro atoms. The third-order valence-corrected chi connectivity index (χ3v) is 4.95. The highest BCUT2D eigenvalue weighted by atomic mass is 16.6. The van der Waals surface area contributed by atoms with Gasteiger partial charge in [-0.3, -0.25) is 4.79 Å². The molecule has 5 atom stereocenters. The van der Waals surface area contributed by atoms with Gasteiger partial charge in [0.15, 0.2) is 0 Å². The largest absolute Gasteiger partial charge is 0.462 e. The van der Waals surface area contributed by atoms with Crippen LogP contribution in [0.25, 0.3) is 0 Å². The maximum Gasteiger partial charge on any atom is 0.312 e. The predicted octanol–water partition coefficient (Wildman–Crippen LogP) is 2.24. The minimum absolute atomic E-state index is 0.0638. The van der Waals surface area contributed by atoms with Gasteiger partial charge in [0.05, 0.1) is 17.6 Å². The average molecular weight is 266 g/mol. The molecular formula is C15H22O4. The Kier molecular flexibility index (Phi) is 3.37. The van der Waals surface area contributed by atoms with E-state index in [2.05, 4.69) is 0 Å². The summed E-state index contributed by atoms with van der Waals surface area (Å²) < 4.78 is 11.2. The lowest BCUT2D eigenvalue weighted by Gasteiger charge is -2.33. The molecule has 19 heavy (non-hydrogen) atoms. The van der Waals surface area contributed by atoms with Crippen molar-refractivity contribution in [2.75, 3.05) is 0 Å². The molecule has 1 saturated heterocycles. The Bertz CT molecular complexity index is 380. The van der Waals surface area contributed by atoms with E-state index in [0.29, 0.717) is 12.5 Å². The van der Waals surface area contributed by atoms with Gasteiger partial charge in [0.2, 0.25) is 0 Å². The molecule has 5 unspecified atom stereocenters. The molecule has 4 nitrogen and oxygen atoms in total. The first-order valence-electron chi connectivity index (χ1n) is 7.42. The lowest BCUT2D eigenvalue weighted by molar-refractivity contribution is -0.164. The minimum Gasteiger partial charge on any atom is -0.462 e. The molecule has 0 amide bonds. The molecule has 3 fully saturated rings. The van der Waals surface area contributed by atoms with Crippen LogP contribution >= 0.6 is 0 Å². The highest BCUT2D eigenvalue weighted by Gasteiger charge is 2.52. The van der Waals surface area contributed by atoms with Crippen LogP contribution in [-0.2, 0) is 19.1 Å². The van der Waals surface area contributed by atoms with Gasteiger partial charge in [-0.05, 0) is 51.9 Å². The van der Waals surface area contributed by atoms with Crippen LogP contribution in [0.3, 0.4) is 0 Å². The minimum atomic E-state index is -0.383. The molecule has 0 aromatic carbocycles. The van der Waals surface area contributed by atoms with E-state index in [4.69, 9.17) is 9.47 Å². The fourth-order valence-corrected chi connectivity index (χ4v) is 3.51. The van der Waals surface area contributed by atoms with Gasteiger partial charge in [-0.25, -0.2) is 0 Å². The van der Waals surface area contributed by atoms with Crippen molar-refractivity contribution in [2.45, 2.75) is 70.2 Å². The number of rotatable bonds is 3. The molecular weight excluding hydrogens is 244 g/mol. The van der Waals surface area contributed by atoms with E-state index in [9.17, 15) is 9.59 Å². The second kappa shape index (κ2) is 4.89. The summed E-state index contributed by atoms with van der Waals surface area (Å²) in [6.45, 7) is 1.99. The van der Waals surface area contributed by atoms with Crippen molar-refractivity contribution in [2.24, 2.45) is 11.3 Å². The summed E-state index contributed by atoms with van der Waals surface area (Å²) in [5.74, 6) is -0.0140. The van der Waals surface area contributed by atoms with Crippen LogP contribution in [0.2, 0.25) is 0 Å². The highest BCUT2D eigenvalue weighted by Crippen LogP contribution is 2.47. The summed E-state index contributed by atoms with van der Waals surface area (Å²) >= 11 is 0. The van der Waals surface area contributed by atoms with Crippen LogP contribution in [0.4, 0.5) is 0 Å². The molecule has 0 bridgehead atoms. The SMILES string of the molecule is CC1(C(=O)OC2CCCC(C=O)C2)CCC2OC2C1. The molecule has 2 saturated carbocycles. The Labute approximate surface area is 113 Å². The average Bonchev–Trinajstić information content (AvgIpc) is 3.17. The van der Waals surface area contributed by atoms with Gasteiger partial charge in [-0.15, -0.1) is 0 Å². The van der Waals surface area contributed by atoms with Crippen molar-refractivity contribution in [3.8, 4) is 0 Å². The number of epoxide rings is 1. The topological polar surface area (TPSA) is 55.9 Å². The smallest absolute Gasteiger partial charge is 0.312 e. The van der Waals surface area contributed by atoms with Gasteiger partial charge in [0, 0.05) is 5.92 Å². The van der Waals surface area contributed by atoms with Crippen LogP contribution in [0, 0.1) is 11.3 Å². The molecule has 1 heterocycles. The van der Waals surface area contributed by atoms with Crippen molar-refractivity contribution in [1.82, 2.24) is 0 Å². The number of hydrogen-bond acceptors (Lipinski definition) is 4. The maximum absolute atomic E-state index is 12.4. The molecule has 3 rings (SSSR count). The summed E-state index contributed by atoms with van der Waals surface area (Å²) in [6.07, 6.45) is 7.75. The molecule has 0 radical (unpaired) electrons. The van der Waals surface area contributed by atoms with Crippen molar-refractivity contribution in [1.29, 1.82) is 0 Å². The van der Waals surface area contributed by atoms with Gasteiger partial charge in [0.25, 0.3) is 0 Å². The second-order valence-electron chi connectivity index (χ2n) is 6.61. The normalized spacial score (nSPS) is 45.1. The van der Waals surface area contributed by atoms with E-state index >= 15 is 0 Å². The summed E-state index contributed by atoms with van der Waals surface area (Å²) in [4.78, 5) is 23.2. The third-order valence-electron chi connectivity index (χ3n) is 4.95. The van der Waals surface area contributed by atoms with Gasteiger partial charge in [-0.2, -0.15) is 0 Å². The number of esters is 1. The Morgan fingerprint density at radius 2 is 2.16 bits per heavy atom. The van der Waals surface area contributed by atoms with Crippen LogP contribution in [0.15, 0.2) is 0 Å². The molecule has 1 aliphatic heterocycles. The van der Waals surface area contributed by atoms with E-state index in [1.807, 2.05) is 6.92 Å². The number of carbonyl (C=O) groups excluding carboxylic acids is 2. The summed E-state index contributed by atoms with van der Waals surface area (Å²) in [7, 11) is 0. The number of ether oxygens (including phenoxy) is 2. The number of hydrogen-bond donors (Lipinski definition) is 0. The first-order chi connectivity index (χ1) is 9.10. The Morgan fingerprint density at radius 1 is 1.32 bits per heavy atom. The van der Waals surface area contributed by atoms with E-state index in [0.717, 1.165) is 44.8 Å². The zero-order valence-electron chi connectivity index (χ0n) is 11.5. The second-order valence-corrected chi connectivity index (χ2v) is 6.61. The summed E-state index contributed by atoms with van der Waals surface area (Å²) in [5, 5.41) is 0. The van der Waals surface area contributed by atoms with Crippen molar-refractivity contribution < 1.29 is 19.1 Å². The number of aldehydes is 1. The zero-order chi connectivity index (χ0) is 13.5. The quantitative estimate of drug-likeness (QED) is 0.446. The molecule has 0 aromatic heterocycles. The monoisotopic (exact) mass is 266 g/mol. The van der Waals surface area contributed by atoms with Gasteiger partial charge in [-0.1, -0.05) is 0 Å². The summed E-state index contributed by atoms with van der Waals surface area (Å²) in [6, 6.07) is 0. The van der Waals surface area contributed by atoms with Crippen LogP contribution in [0.1, 0.15) is 51.9 Å². The molecule has 4 heteroatoms. The van der Waals surface area contributed by atoms with Gasteiger partial charge >= 0.3 is 5.97 Å². The van der Waals surface area contributed by atoms with Gasteiger partial charge in [0.1, 0.15) is 12.4 Å². The molecule has 2 aliphatic carbocycles. The highest BCUT2D eigenvalue weighted by molar-refractivity contribution is 5.77. The standard InChI is InChI=1S/C15H22O4/c1-15(6-5-12-13(8-15)19-12)14(17)18-11-4-2-3-10(7-11)9-16/h9-13H,2-8H2,1H3. The lowest BCUT2D eigenvalue weighted by atomic mass is 9.75. The first kappa shape index (κ1) is 13.1. The molecule has 0 aromatic rings. The van der Waals surface area contributed by atoms with Crippen LogP contribution in [0.5, 0.6) is 0 Å². The third kappa shape index (κ3) is 2.69. The van der Waals surface area contributed by atoms with Crippen molar-refractivity contribution in [3.05, 3.63) is 0 Å². The van der Waals surface area contributed by atoms with E-state index < -0.39 is 0 Å². The van der Waals surface area contributed by atoms with Crippen molar-refractivity contribution in [3.63, 3.8) is 0 Å². The van der Waals surface area contributed by atoms with Crippen molar-refractivity contribution >= 4 is 12.3 Å². The number of carbonyl (C=O) groups is 2. The van der Waals surface area contributed by atoms with E-state index in [1.165, 1.54) is 0 Å². The van der Waals surface area contributed by atoms with Crippen LogP contribution in [-0.4, -0.2) is 30.6 Å². The first-order valence-corrected chi connectivity index (χ1v) is 7.42. The Morgan fingerprint density at radius 3 is 2.89 bits per heavy atom. The Balaban J connectivity index is 1.56. The summed E-state index contributed by atoms with van der Waals surface area (Å²) in [5.41, 5.74) is -0.383. The molecule has 3 aliphatic rings. The maximum atomic E-state index is 12.4. The fraction of sp³-hybridized carbons (Fsp3) is 0.867. The van der Waals surface area contributed by atoms with Gasteiger partial charge < -0.3 is 14.3 Å². The molecule has 0 N–H and O–H groups in total. The van der Waals surface area contributed by atoms with E-state index in [1.54, 1.807) is 0 Å². The lowest BCUT2D eigenvalue weighted by Crippen LogP contribution is -2.38. The van der Waals surface area contributed by atoms with E-state index in [-0.39, 0.29) is 29.5 Å². The number of fused-ring (bicyclic) bond motifs is 1. The predicted molar refractivity (Wildman–Crippen MR) is 68.5 cm³/mol. The molecule has 106 valence electrons.